The second-order valence-electron chi connectivity index (χ2n) is 12.2. The lowest BCUT2D eigenvalue weighted by Gasteiger charge is -2.10. The minimum atomic E-state index is 0.423. The van der Waals surface area contributed by atoms with Crippen LogP contribution in [-0.2, 0) is 0 Å². The Bertz CT molecular complexity index is 2520. The predicted octanol–water partition coefficient (Wildman–Crippen LogP) is 10.7. The van der Waals surface area contributed by atoms with E-state index < -0.39 is 0 Å². The Balaban J connectivity index is 1.31. The molecule has 9 aromatic rings. The number of fused-ring (bicyclic) bond motifs is 5. The van der Waals surface area contributed by atoms with Gasteiger partial charge in [0.15, 0.2) is 0 Å². The van der Waals surface area contributed by atoms with Crippen molar-refractivity contribution in [3.63, 3.8) is 0 Å². The zero-order valence-corrected chi connectivity index (χ0v) is 26.1. The first-order valence-corrected chi connectivity index (χ1v) is 15.8. The number of hydrogen-bond acceptors (Lipinski definition) is 3. The van der Waals surface area contributed by atoms with Gasteiger partial charge in [0.05, 0.1) is 11.0 Å². The van der Waals surface area contributed by atoms with Crippen molar-refractivity contribution in [1.82, 2.24) is 19.3 Å². The molecule has 47 heavy (non-hydrogen) atoms. The van der Waals surface area contributed by atoms with Crippen LogP contribution < -0.4 is 0 Å². The largest absolute Gasteiger partial charge is 0.403 e. The molecule has 9 rings (SSSR count). The highest BCUT2D eigenvalue weighted by atomic mass is 16.4. The van der Waals surface area contributed by atoms with Gasteiger partial charge in [-0.15, -0.1) is 5.10 Å². The van der Waals surface area contributed by atoms with Crippen LogP contribution in [0, 0.1) is 13.8 Å². The van der Waals surface area contributed by atoms with Crippen molar-refractivity contribution in [2.75, 3.05) is 0 Å². The van der Waals surface area contributed by atoms with Crippen LogP contribution in [0.2, 0.25) is 0 Å². The Labute approximate surface area is 272 Å². The maximum absolute atomic E-state index is 6.68. The molecule has 5 nitrogen and oxygen atoms in total. The van der Waals surface area contributed by atoms with Crippen LogP contribution in [0.15, 0.2) is 150 Å². The summed E-state index contributed by atoms with van der Waals surface area (Å²) >= 11 is 0. The standard InChI is InChI=1S/C42H30N4O/c1-27-18-20-37-35(22-27)39-36-23-28(2)19-21-38(36)46(41(39)45(37)34-16-10-5-11-17-34)42-44-43-40(47-42)33-25-31(29-12-6-3-7-13-29)24-32(26-33)30-14-8-4-9-15-30/h3-26H,1-2H3. The number of para-hydroxylation sites is 1. The quantitative estimate of drug-likeness (QED) is 0.196. The molecular weight excluding hydrogens is 576 g/mol. The third-order valence-corrected chi connectivity index (χ3v) is 8.99. The fourth-order valence-electron chi connectivity index (χ4n) is 6.83. The molecule has 0 radical (unpaired) electrons. The molecule has 224 valence electrons. The van der Waals surface area contributed by atoms with E-state index in [-0.39, 0.29) is 0 Å². The number of nitrogens with zero attached hydrogens (tertiary/aromatic N) is 4. The highest BCUT2D eigenvalue weighted by Gasteiger charge is 2.25. The maximum atomic E-state index is 6.68. The zero-order chi connectivity index (χ0) is 31.5. The number of hydrogen-bond donors (Lipinski definition) is 0. The van der Waals surface area contributed by atoms with Crippen LogP contribution in [0.4, 0.5) is 0 Å². The van der Waals surface area contributed by atoms with Gasteiger partial charge in [-0.1, -0.05) is 107 Å². The van der Waals surface area contributed by atoms with E-state index in [0.29, 0.717) is 11.9 Å². The van der Waals surface area contributed by atoms with Crippen LogP contribution in [0.1, 0.15) is 11.1 Å². The summed E-state index contributed by atoms with van der Waals surface area (Å²) in [5.74, 6) is 0.468. The normalized spacial score (nSPS) is 11.6. The van der Waals surface area contributed by atoms with Crippen molar-refractivity contribution >= 4 is 32.8 Å². The van der Waals surface area contributed by atoms with Gasteiger partial charge >= 0.3 is 6.01 Å². The van der Waals surface area contributed by atoms with Crippen LogP contribution in [0.25, 0.3) is 78.2 Å². The summed E-state index contributed by atoms with van der Waals surface area (Å²) in [6, 6.07) is 51.5. The Morgan fingerprint density at radius 2 is 0.979 bits per heavy atom. The molecule has 0 saturated heterocycles. The topological polar surface area (TPSA) is 48.8 Å². The zero-order valence-electron chi connectivity index (χ0n) is 26.1. The molecule has 5 heteroatoms. The molecule has 0 amide bonds. The molecule has 0 atom stereocenters. The first kappa shape index (κ1) is 27.1. The Morgan fingerprint density at radius 3 is 1.55 bits per heavy atom. The third-order valence-electron chi connectivity index (χ3n) is 8.99. The van der Waals surface area contributed by atoms with E-state index in [1.165, 1.54) is 21.9 Å². The smallest absolute Gasteiger partial charge is 0.329 e. The van der Waals surface area contributed by atoms with Gasteiger partial charge in [-0.2, -0.15) is 0 Å². The molecule has 0 saturated carbocycles. The fourth-order valence-corrected chi connectivity index (χ4v) is 6.83. The average molecular weight is 607 g/mol. The highest BCUT2D eigenvalue weighted by molar-refractivity contribution is 6.22. The molecule has 0 unspecified atom stereocenters. The minimum Gasteiger partial charge on any atom is -0.403 e. The van der Waals surface area contributed by atoms with Crippen LogP contribution in [0.5, 0.6) is 0 Å². The van der Waals surface area contributed by atoms with E-state index in [9.17, 15) is 0 Å². The van der Waals surface area contributed by atoms with Gasteiger partial charge in [-0.3, -0.25) is 4.57 Å². The lowest BCUT2D eigenvalue weighted by Crippen LogP contribution is -2.01. The number of rotatable bonds is 5. The van der Waals surface area contributed by atoms with E-state index >= 15 is 0 Å². The summed E-state index contributed by atoms with van der Waals surface area (Å²) < 4.78 is 11.1. The molecule has 0 aliphatic carbocycles. The Kier molecular flexibility index (Phi) is 6.18. The number of benzene rings is 6. The van der Waals surface area contributed by atoms with E-state index in [2.05, 4.69) is 155 Å². The summed E-state index contributed by atoms with van der Waals surface area (Å²) in [7, 11) is 0. The molecule has 0 fully saturated rings. The molecular formula is C42H30N4O. The van der Waals surface area contributed by atoms with E-state index in [0.717, 1.165) is 55.6 Å². The average Bonchev–Trinajstić information content (AvgIpc) is 3.82. The summed E-state index contributed by atoms with van der Waals surface area (Å²) in [6.07, 6.45) is 0. The van der Waals surface area contributed by atoms with Gasteiger partial charge in [-0.25, -0.2) is 4.57 Å². The lowest BCUT2D eigenvalue weighted by atomic mass is 9.96. The molecule has 0 spiro atoms. The summed E-state index contributed by atoms with van der Waals surface area (Å²) in [6.45, 7) is 4.28. The first-order valence-electron chi connectivity index (χ1n) is 15.8. The van der Waals surface area contributed by atoms with Gasteiger partial charge in [0.1, 0.15) is 5.65 Å². The van der Waals surface area contributed by atoms with Crippen molar-refractivity contribution < 1.29 is 4.42 Å². The number of aromatic nitrogens is 4. The van der Waals surface area contributed by atoms with Crippen LogP contribution in [-0.4, -0.2) is 19.3 Å². The summed E-state index contributed by atoms with van der Waals surface area (Å²) in [5.41, 5.74) is 11.9. The van der Waals surface area contributed by atoms with Gasteiger partial charge < -0.3 is 4.42 Å². The predicted molar refractivity (Wildman–Crippen MR) is 191 cm³/mol. The van der Waals surface area contributed by atoms with E-state index in [4.69, 9.17) is 9.52 Å². The van der Waals surface area contributed by atoms with Crippen molar-refractivity contribution in [3.05, 3.63) is 157 Å². The minimum absolute atomic E-state index is 0.423. The summed E-state index contributed by atoms with van der Waals surface area (Å²) in [5, 5.41) is 12.9. The highest BCUT2D eigenvalue weighted by Crippen LogP contribution is 2.42. The maximum Gasteiger partial charge on any atom is 0.329 e. The van der Waals surface area contributed by atoms with Gasteiger partial charge in [0, 0.05) is 27.4 Å². The Hall–Kier alpha value is -6.20. The molecule has 6 aromatic carbocycles. The first-order chi connectivity index (χ1) is 23.1. The third kappa shape index (κ3) is 4.47. The molecule has 0 N–H and O–H groups in total. The lowest BCUT2D eigenvalue weighted by molar-refractivity contribution is 0.545. The van der Waals surface area contributed by atoms with Crippen molar-refractivity contribution in [2.45, 2.75) is 13.8 Å². The van der Waals surface area contributed by atoms with Crippen LogP contribution >= 0.6 is 0 Å². The second kappa shape index (κ2) is 10.7. The Morgan fingerprint density at radius 1 is 0.468 bits per heavy atom. The van der Waals surface area contributed by atoms with E-state index in [1.807, 2.05) is 18.2 Å². The number of aryl methyl sites for hydroxylation is 2. The van der Waals surface area contributed by atoms with Gasteiger partial charge in [0.2, 0.25) is 5.89 Å². The molecule has 0 aliphatic heterocycles. The van der Waals surface area contributed by atoms with Gasteiger partial charge in [-0.05, 0) is 90.7 Å². The van der Waals surface area contributed by atoms with E-state index in [1.54, 1.807) is 0 Å². The summed E-state index contributed by atoms with van der Waals surface area (Å²) in [4.78, 5) is 0. The van der Waals surface area contributed by atoms with Gasteiger partial charge in [0.25, 0.3) is 0 Å². The monoisotopic (exact) mass is 606 g/mol. The van der Waals surface area contributed by atoms with Crippen molar-refractivity contribution in [3.8, 4) is 45.4 Å². The molecule has 3 aromatic heterocycles. The molecule has 3 heterocycles. The van der Waals surface area contributed by atoms with Crippen molar-refractivity contribution in [1.29, 1.82) is 0 Å². The van der Waals surface area contributed by atoms with Crippen LogP contribution in [0.3, 0.4) is 0 Å². The fraction of sp³-hybridized carbons (Fsp3) is 0.0476. The second-order valence-corrected chi connectivity index (χ2v) is 12.2. The SMILES string of the molecule is Cc1ccc2c(c1)c1c3cc(C)ccc3n(-c3nnc(-c4cc(-c5ccccc5)cc(-c5ccccc5)c4)o3)c1n2-c1ccccc1. The van der Waals surface area contributed by atoms with Crippen molar-refractivity contribution in [2.24, 2.45) is 0 Å². The molecule has 0 aliphatic rings. The molecule has 0 bridgehead atoms.